The van der Waals surface area contributed by atoms with Gasteiger partial charge in [-0.15, -0.1) is 0 Å². The summed E-state index contributed by atoms with van der Waals surface area (Å²) >= 11 is 0. The Kier molecular flexibility index (Phi) is 5.09. The minimum absolute atomic E-state index is 0.0370. The normalized spacial score (nSPS) is 12.0. The Morgan fingerprint density at radius 1 is 1.10 bits per heavy atom. The van der Waals surface area contributed by atoms with Crippen LogP contribution in [0.25, 0.3) is 0 Å². The van der Waals surface area contributed by atoms with E-state index in [2.05, 4.69) is 34.7 Å². The van der Waals surface area contributed by atoms with Crippen molar-refractivity contribution in [3.8, 4) is 0 Å². The van der Waals surface area contributed by atoms with Crippen LogP contribution in [0.1, 0.15) is 24.8 Å². The van der Waals surface area contributed by atoms with Gasteiger partial charge in [-0.05, 0) is 17.9 Å². The van der Waals surface area contributed by atoms with Crippen LogP contribution in [0.15, 0.2) is 36.4 Å². The largest absolute Gasteiger partial charge is 0.371 e. The first-order valence-electron chi connectivity index (χ1n) is 6.94. The van der Waals surface area contributed by atoms with Crippen molar-refractivity contribution >= 4 is 11.6 Å². The highest BCUT2D eigenvalue weighted by molar-refractivity contribution is 5.47. The molecule has 2 rings (SSSR count). The van der Waals surface area contributed by atoms with Gasteiger partial charge >= 0.3 is 0 Å². The topological polar surface area (TPSA) is 37.0 Å². The molecule has 0 saturated heterocycles. The maximum absolute atomic E-state index is 13.6. The van der Waals surface area contributed by atoms with Gasteiger partial charge in [-0.3, -0.25) is 0 Å². The van der Waals surface area contributed by atoms with Crippen LogP contribution in [0.3, 0.4) is 0 Å². The van der Waals surface area contributed by atoms with Crippen LogP contribution in [-0.2, 0) is 0 Å². The molecule has 1 atom stereocenters. The molecule has 0 aliphatic rings. The van der Waals surface area contributed by atoms with Gasteiger partial charge in [-0.2, -0.15) is 0 Å². The molecule has 0 amide bonds. The third-order valence-electron chi connectivity index (χ3n) is 3.40. The van der Waals surface area contributed by atoms with Crippen LogP contribution in [0.2, 0.25) is 0 Å². The number of halogens is 2. The van der Waals surface area contributed by atoms with Crippen molar-refractivity contribution in [3.05, 3.63) is 53.6 Å². The van der Waals surface area contributed by atoms with Gasteiger partial charge in [-0.25, -0.2) is 13.8 Å². The molecule has 2 N–H and O–H groups in total. The molecule has 1 aromatic heterocycles. The van der Waals surface area contributed by atoms with E-state index in [1.165, 1.54) is 5.56 Å². The third kappa shape index (κ3) is 3.90. The van der Waals surface area contributed by atoms with Crippen molar-refractivity contribution in [2.75, 3.05) is 24.2 Å². The summed E-state index contributed by atoms with van der Waals surface area (Å²) in [7, 11) is 1.55. The molecule has 112 valence electrons. The summed E-state index contributed by atoms with van der Waals surface area (Å²) in [5.41, 5.74) is 1.24. The van der Waals surface area contributed by atoms with Crippen LogP contribution < -0.4 is 10.6 Å². The zero-order chi connectivity index (χ0) is 15.2. The molecule has 0 spiro atoms. The van der Waals surface area contributed by atoms with Crippen molar-refractivity contribution in [2.24, 2.45) is 0 Å². The van der Waals surface area contributed by atoms with Crippen molar-refractivity contribution in [1.29, 1.82) is 0 Å². The Balaban J connectivity index is 1.94. The highest BCUT2D eigenvalue weighted by atomic mass is 19.1. The monoisotopic (exact) mass is 291 g/mol. The molecular weight excluding hydrogens is 272 g/mol. The number of anilines is 2. The lowest BCUT2D eigenvalue weighted by atomic mass is 9.98. The highest BCUT2D eigenvalue weighted by Gasteiger charge is 2.11. The standard InChI is InChI=1S/C16H19F2N3/c1-11(12-6-4-3-5-7-12)8-9-20-16-14(18)10-13(17)15(19-2)21-16/h3-7,10-11H,8-9H2,1-2H3,(H2,19,20,21). The number of benzene rings is 1. The molecule has 5 heteroatoms. The van der Waals surface area contributed by atoms with Crippen molar-refractivity contribution in [2.45, 2.75) is 19.3 Å². The molecule has 21 heavy (non-hydrogen) atoms. The molecule has 0 saturated carbocycles. The van der Waals surface area contributed by atoms with E-state index >= 15 is 0 Å². The van der Waals surface area contributed by atoms with E-state index in [-0.39, 0.29) is 11.6 Å². The Morgan fingerprint density at radius 3 is 2.43 bits per heavy atom. The Labute approximate surface area is 123 Å². The number of aromatic nitrogens is 1. The van der Waals surface area contributed by atoms with Gasteiger partial charge < -0.3 is 10.6 Å². The maximum Gasteiger partial charge on any atom is 0.168 e. The van der Waals surface area contributed by atoms with E-state index in [4.69, 9.17) is 0 Å². The van der Waals surface area contributed by atoms with Gasteiger partial charge in [0.05, 0.1) is 0 Å². The van der Waals surface area contributed by atoms with Crippen molar-refractivity contribution < 1.29 is 8.78 Å². The second-order valence-corrected chi connectivity index (χ2v) is 4.93. The molecule has 0 aliphatic carbocycles. The number of nitrogens with one attached hydrogen (secondary N) is 2. The summed E-state index contributed by atoms with van der Waals surface area (Å²) < 4.78 is 26.9. The van der Waals surface area contributed by atoms with Gasteiger partial charge in [0.1, 0.15) is 0 Å². The van der Waals surface area contributed by atoms with Crippen molar-refractivity contribution in [3.63, 3.8) is 0 Å². The predicted octanol–water partition coefficient (Wildman–Crippen LogP) is 4.01. The number of nitrogens with zero attached hydrogens (tertiary/aromatic N) is 1. The second kappa shape index (κ2) is 7.02. The van der Waals surface area contributed by atoms with Crippen LogP contribution in [0, 0.1) is 11.6 Å². The average Bonchev–Trinajstić information content (AvgIpc) is 2.50. The number of pyridine rings is 1. The zero-order valence-electron chi connectivity index (χ0n) is 12.2. The lowest BCUT2D eigenvalue weighted by molar-refractivity contribution is 0.577. The van der Waals surface area contributed by atoms with Gasteiger partial charge in [0, 0.05) is 19.7 Å². The van der Waals surface area contributed by atoms with E-state index in [0.29, 0.717) is 12.5 Å². The fourth-order valence-corrected chi connectivity index (χ4v) is 2.12. The van der Waals surface area contributed by atoms with E-state index in [1.54, 1.807) is 7.05 Å². The molecule has 0 bridgehead atoms. The molecule has 1 heterocycles. The van der Waals surface area contributed by atoms with Crippen LogP contribution in [0.4, 0.5) is 20.4 Å². The predicted molar refractivity (Wildman–Crippen MR) is 81.7 cm³/mol. The Bertz CT molecular complexity index is 588. The molecule has 1 unspecified atom stereocenters. The lowest BCUT2D eigenvalue weighted by Crippen LogP contribution is -2.10. The molecular formula is C16H19F2N3. The summed E-state index contributed by atoms with van der Waals surface area (Å²) in [4.78, 5) is 3.89. The number of rotatable bonds is 6. The fraction of sp³-hybridized carbons (Fsp3) is 0.312. The molecule has 2 aromatic rings. The van der Waals surface area contributed by atoms with Crippen LogP contribution in [0.5, 0.6) is 0 Å². The van der Waals surface area contributed by atoms with Gasteiger partial charge in [0.25, 0.3) is 0 Å². The average molecular weight is 291 g/mol. The van der Waals surface area contributed by atoms with Crippen LogP contribution in [-0.4, -0.2) is 18.6 Å². The lowest BCUT2D eigenvalue weighted by Gasteiger charge is -2.13. The van der Waals surface area contributed by atoms with E-state index in [0.717, 1.165) is 12.5 Å². The van der Waals surface area contributed by atoms with Crippen LogP contribution >= 0.6 is 0 Å². The SMILES string of the molecule is CNc1nc(NCCC(C)c2ccccc2)c(F)cc1F. The van der Waals surface area contributed by atoms with E-state index < -0.39 is 11.6 Å². The van der Waals surface area contributed by atoms with Crippen molar-refractivity contribution in [1.82, 2.24) is 4.98 Å². The molecule has 1 aromatic carbocycles. The summed E-state index contributed by atoms with van der Waals surface area (Å²) in [5.74, 6) is -0.918. The highest BCUT2D eigenvalue weighted by Crippen LogP contribution is 2.21. The van der Waals surface area contributed by atoms with Gasteiger partial charge in [-0.1, -0.05) is 37.3 Å². The number of hydrogen-bond donors (Lipinski definition) is 2. The summed E-state index contributed by atoms with van der Waals surface area (Å²) in [5, 5.41) is 5.52. The first-order chi connectivity index (χ1) is 10.1. The quantitative estimate of drug-likeness (QED) is 0.844. The minimum Gasteiger partial charge on any atom is -0.371 e. The molecule has 3 nitrogen and oxygen atoms in total. The Hall–Kier alpha value is -2.17. The molecule has 0 aliphatic heterocycles. The van der Waals surface area contributed by atoms with Gasteiger partial charge in [0.15, 0.2) is 23.3 Å². The molecule has 0 fully saturated rings. The summed E-state index contributed by atoms with van der Waals surface area (Å²) in [6.07, 6.45) is 0.831. The van der Waals surface area contributed by atoms with E-state index in [1.807, 2.05) is 18.2 Å². The third-order valence-corrected chi connectivity index (χ3v) is 3.40. The number of hydrogen-bond acceptors (Lipinski definition) is 3. The zero-order valence-corrected chi connectivity index (χ0v) is 12.2. The summed E-state index contributed by atoms with van der Waals surface area (Å²) in [6, 6.07) is 11.0. The van der Waals surface area contributed by atoms with Gasteiger partial charge in [0.2, 0.25) is 0 Å². The fourth-order valence-electron chi connectivity index (χ4n) is 2.12. The first-order valence-corrected chi connectivity index (χ1v) is 6.94. The molecule has 0 radical (unpaired) electrons. The first kappa shape index (κ1) is 15.2. The smallest absolute Gasteiger partial charge is 0.168 e. The minimum atomic E-state index is -0.696. The summed E-state index contributed by atoms with van der Waals surface area (Å²) in [6.45, 7) is 2.68. The Morgan fingerprint density at radius 2 is 1.76 bits per heavy atom. The maximum atomic E-state index is 13.6. The second-order valence-electron chi connectivity index (χ2n) is 4.93. The van der Waals surface area contributed by atoms with E-state index in [9.17, 15) is 8.78 Å².